The quantitative estimate of drug-likeness (QED) is 0.395. The molecule has 4 nitrogen and oxygen atoms in total. The molecule has 5 aliphatic carbocycles. The number of likely N-dealkylation sites (tertiary alicyclic amines) is 1. The highest BCUT2D eigenvalue weighted by atomic mass is 16.3. The number of carbonyl (C=O) groups excluding carboxylic acids is 1. The van der Waals surface area contributed by atoms with Crippen LogP contribution in [0.1, 0.15) is 119 Å². The van der Waals surface area contributed by atoms with Crippen molar-refractivity contribution < 1.29 is 15.0 Å². The molecule has 1 amide bonds. The van der Waals surface area contributed by atoms with Gasteiger partial charge in [0.1, 0.15) is 0 Å². The Hall–Kier alpha value is -0.870. The second-order valence-electron chi connectivity index (χ2n) is 16.6. The molecule has 0 aromatic carbocycles. The maximum absolute atomic E-state index is 14.1. The lowest BCUT2D eigenvalue weighted by Crippen LogP contribution is -2.65. The summed E-state index contributed by atoms with van der Waals surface area (Å²) in [5, 5.41) is 21.0. The van der Waals surface area contributed by atoms with Crippen molar-refractivity contribution in [3.05, 3.63) is 11.1 Å². The van der Waals surface area contributed by atoms with Gasteiger partial charge in [-0.25, -0.2) is 0 Å². The van der Waals surface area contributed by atoms with E-state index < -0.39 is 0 Å². The van der Waals surface area contributed by atoms with Gasteiger partial charge < -0.3 is 15.1 Å². The van der Waals surface area contributed by atoms with Gasteiger partial charge in [0.05, 0.1) is 17.6 Å². The standard InChI is InChI=1S/C33H53NO3/c1-28(2)14-16-33(27(37)34-19-21(35)20-34)17-15-31(6)22(23(33)18-28)8-9-25-30(5)12-11-26(36)29(3,4)24(30)10-13-32(25,31)7/h21,24-26,35-36H,8-20H2,1-7H3/t24?,25-,26+,30+,31-,32-,33+/m1/s1. The molecule has 1 aliphatic heterocycles. The lowest BCUT2D eigenvalue weighted by Gasteiger charge is -2.71. The summed E-state index contributed by atoms with van der Waals surface area (Å²) in [4.78, 5) is 16.1. The van der Waals surface area contributed by atoms with Crippen LogP contribution in [0.5, 0.6) is 0 Å². The largest absolute Gasteiger partial charge is 0.393 e. The number of β-amino-alcohol motifs (C(OH)–C–C–N with tert-alkyl or cyclic N) is 1. The van der Waals surface area contributed by atoms with Crippen LogP contribution in [0.4, 0.5) is 0 Å². The Labute approximate surface area is 225 Å². The fourth-order valence-corrected chi connectivity index (χ4v) is 11.5. The van der Waals surface area contributed by atoms with Gasteiger partial charge in [0.15, 0.2) is 0 Å². The maximum Gasteiger partial charge on any atom is 0.233 e. The third-order valence-electron chi connectivity index (χ3n) is 14.1. The lowest BCUT2D eigenvalue weighted by molar-refractivity contribution is -0.205. The molecule has 0 aromatic rings. The topological polar surface area (TPSA) is 60.8 Å². The Bertz CT molecular complexity index is 1020. The van der Waals surface area contributed by atoms with E-state index in [9.17, 15) is 15.0 Å². The van der Waals surface area contributed by atoms with E-state index in [1.807, 2.05) is 4.90 Å². The van der Waals surface area contributed by atoms with Crippen LogP contribution in [-0.4, -0.2) is 46.3 Å². The molecule has 1 heterocycles. The molecule has 6 aliphatic rings. The Morgan fingerprint density at radius 1 is 0.784 bits per heavy atom. The van der Waals surface area contributed by atoms with Gasteiger partial charge in [-0.2, -0.15) is 0 Å². The monoisotopic (exact) mass is 511 g/mol. The maximum atomic E-state index is 14.1. The molecule has 6 rings (SSSR count). The number of allylic oxidation sites excluding steroid dienone is 1. The van der Waals surface area contributed by atoms with E-state index in [0.717, 1.165) is 51.4 Å². The predicted molar refractivity (Wildman–Crippen MR) is 148 cm³/mol. The highest BCUT2D eigenvalue weighted by Crippen LogP contribution is 2.75. The second kappa shape index (κ2) is 7.87. The van der Waals surface area contributed by atoms with Crippen molar-refractivity contribution in [2.24, 2.45) is 44.3 Å². The third-order valence-corrected chi connectivity index (χ3v) is 14.1. The average molecular weight is 512 g/mol. The van der Waals surface area contributed by atoms with Crippen LogP contribution in [0.25, 0.3) is 0 Å². The number of fused-ring (bicyclic) bond motifs is 6. The van der Waals surface area contributed by atoms with Gasteiger partial charge in [0, 0.05) is 13.1 Å². The van der Waals surface area contributed by atoms with Crippen LogP contribution in [0.2, 0.25) is 0 Å². The van der Waals surface area contributed by atoms with Gasteiger partial charge in [0.25, 0.3) is 0 Å². The fraction of sp³-hybridized carbons (Fsp3) is 0.909. The Kier molecular flexibility index (Phi) is 5.60. The lowest BCUT2D eigenvalue weighted by atomic mass is 9.34. The van der Waals surface area contributed by atoms with E-state index in [1.165, 1.54) is 24.8 Å². The van der Waals surface area contributed by atoms with Crippen LogP contribution in [0.3, 0.4) is 0 Å². The van der Waals surface area contributed by atoms with Gasteiger partial charge in [-0.05, 0) is 110 Å². The summed E-state index contributed by atoms with van der Waals surface area (Å²) in [5.41, 5.74) is 3.74. The summed E-state index contributed by atoms with van der Waals surface area (Å²) in [6, 6.07) is 0. The summed E-state index contributed by atoms with van der Waals surface area (Å²) >= 11 is 0. The minimum Gasteiger partial charge on any atom is -0.393 e. The number of hydrogen-bond donors (Lipinski definition) is 2. The van der Waals surface area contributed by atoms with Crippen LogP contribution in [0, 0.1) is 44.3 Å². The van der Waals surface area contributed by atoms with E-state index in [0.29, 0.717) is 30.8 Å². The predicted octanol–water partition coefficient (Wildman–Crippen LogP) is 6.50. The zero-order valence-corrected chi connectivity index (χ0v) is 24.8. The first-order valence-electron chi connectivity index (χ1n) is 15.5. The van der Waals surface area contributed by atoms with Gasteiger partial charge in [-0.1, -0.05) is 59.6 Å². The minimum atomic E-state index is -0.339. The summed E-state index contributed by atoms with van der Waals surface area (Å²) in [7, 11) is 0. The first kappa shape index (κ1) is 26.4. The number of hydrogen-bond acceptors (Lipinski definition) is 3. The molecular weight excluding hydrogens is 458 g/mol. The van der Waals surface area contributed by atoms with Crippen molar-refractivity contribution in [3.63, 3.8) is 0 Å². The van der Waals surface area contributed by atoms with Gasteiger partial charge in [0.2, 0.25) is 5.91 Å². The average Bonchev–Trinajstić information content (AvgIpc) is 2.79. The Morgan fingerprint density at radius 2 is 1.46 bits per heavy atom. The molecular formula is C33H53NO3. The molecule has 5 fully saturated rings. The van der Waals surface area contributed by atoms with Crippen LogP contribution in [0.15, 0.2) is 11.1 Å². The fourth-order valence-electron chi connectivity index (χ4n) is 11.5. The molecule has 4 saturated carbocycles. The number of carbonyl (C=O) groups is 1. The smallest absolute Gasteiger partial charge is 0.233 e. The minimum absolute atomic E-state index is 0.0166. The van der Waals surface area contributed by atoms with E-state index in [4.69, 9.17) is 0 Å². The van der Waals surface area contributed by atoms with Gasteiger partial charge in [-0.3, -0.25) is 4.79 Å². The molecule has 4 heteroatoms. The first-order chi connectivity index (χ1) is 17.1. The van der Waals surface area contributed by atoms with Crippen LogP contribution in [-0.2, 0) is 4.79 Å². The van der Waals surface area contributed by atoms with E-state index in [2.05, 4.69) is 48.5 Å². The normalized spacial score (nSPS) is 48.8. The number of nitrogens with zero attached hydrogens (tertiary/aromatic N) is 1. The number of rotatable bonds is 1. The highest BCUT2D eigenvalue weighted by molar-refractivity contribution is 5.87. The number of aliphatic hydroxyl groups excluding tert-OH is 2. The SMILES string of the molecule is CC1(C)CC[C@]2(C(=O)N3CC(O)C3)CC[C@]3(C)C(=C2C1)CC[C@@H]1[C@@]2(C)CC[C@H](O)C(C)(C)C2CC[C@]13C. The highest BCUT2D eigenvalue weighted by Gasteiger charge is 2.68. The third kappa shape index (κ3) is 3.30. The molecule has 2 N–H and O–H groups in total. The molecule has 0 spiro atoms. The Balaban J connectivity index is 1.43. The number of aliphatic hydroxyl groups is 2. The van der Waals surface area contributed by atoms with Gasteiger partial charge in [-0.15, -0.1) is 0 Å². The van der Waals surface area contributed by atoms with Crippen LogP contribution < -0.4 is 0 Å². The van der Waals surface area contributed by atoms with Crippen molar-refractivity contribution in [2.45, 2.75) is 131 Å². The van der Waals surface area contributed by atoms with E-state index >= 15 is 0 Å². The van der Waals surface area contributed by atoms with Crippen LogP contribution >= 0.6 is 0 Å². The van der Waals surface area contributed by atoms with Gasteiger partial charge >= 0.3 is 0 Å². The zero-order valence-electron chi connectivity index (χ0n) is 24.8. The molecule has 7 atom stereocenters. The molecule has 1 unspecified atom stereocenters. The number of amides is 1. The molecule has 1 saturated heterocycles. The summed E-state index contributed by atoms with van der Waals surface area (Å²) < 4.78 is 0. The summed E-state index contributed by atoms with van der Waals surface area (Å²) in [6.45, 7) is 18.3. The molecule has 0 aromatic heterocycles. The van der Waals surface area contributed by atoms with Crippen molar-refractivity contribution in [3.8, 4) is 0 Å². The second-order valence-corrected chi connectivity index (χ2v) is 16.6. The molecule has 208 valence electrons. The Morgan fingerprint density at radius 3 is 2.14 bits per heavy atom. The summed E-state index contributed by atoms with van der Waals surface area (Å²) in [5.74, 6) is 1.57. The summed E-state index contributed by atoms with van der Waals surface area (Å²) in [6.07, 6.45) is 11.6. The van der Waals surface area contributed by atoms with Crippen molar-refractivity contribution in [1.82, 2.24) is 4.90 Å². The van der Waals surface area contributed by atoms with Crippen molar-refractivity contribution >= 4 is 5.91 Å². The van der Waals surface area contributed by atoms with Crippen molar-refractivity contribution in [2.75, 3.05) is 13.1 Å². The molecule has 0 radical (unpaired) electrons. The van der Waals surface area contributed by atoms with Crippen molar-refractivity contribution in [1.29, 1.82) is 0 Å². The molecule has 0 bridgehead atoms. The van der Waals surface area contributed by atoms with E-state index in [1.54, 1.807) is 5.57 Å². The molecule has 37 heavy (non-hydrogen) atoms. The zero-order chi connectivity index (χ0) is 26.8. The first-order valence-corrected chi connectivity index (χ1v) is 15.5. The van der Waals surface area contributed by atoms with E-state index in [-0.39, 0.29) is 44.7 Å².